The van der Waals surface area contributed by atoms with Crippen LogP contribution in [0, 0.1) is 0 Å². The molecule has 2 rings (SSSR count). The van der Waals surface area contributed by atoms with Crippen molar-refractivity contribution in [3.8, 4) is 11.3 Å². The predicted molar refractivity (Wildman–Crippen MR) is 83.3 cm³/mol. The summed E-state index contributed by atoms with van der Waals surface area (Å²) >= 11 is 1.36. The van der Waals surface area contributed by atoms with E-state index in [4.69, 9.17) is 0 Å². The molecule has 21 heavy (non-hydrogen) atoms. The van der Waals surface area contributed by atoms with Crippen molar-refractivity contribution >= 4 is 28.4 Å². The summed E-state index contributed by atoms with van der Waals surface area (Å²) < 4.78 is 0. The number of nitrogens with one attached hydrogen (secondary N) is 3. The van der Waals surface area contributed by atoms with E-state index in [0.29, 0.717) is 18.2 Å². The van der Waals surface area contributed by atoms with Crippen LogP contribution in [0.25, 0.3) is 11.3 Å². The number of aromatic nitrogens is 1. The van der Waals surface area contributed by atoms with Crippen LogP contribution in [0.4, 0.5) is 9.93 Å². The first kappa shape index (κ1) is 15.0. The number of thiazole rings is 1. The molecule has 0 saturated heterocycles. The molecule has 0 radical (unpaired) electrons. The summed E-state index contributed by atoms with van der Waals surface area (Å²) in [7, 11) is 0. The van der Waals surface area contributed by atoms with Crippen molar-refractivity contribution in [3.05, 3.63) is 35.7 Å². The van der Waals surface area contributed by atoms with Gasteiger partial charge in [0.2, 0.25) is 5.91 Å². The minimum absolute atomic E-state index is 0.121. The number of urea groups is 1. The molecule has 3 amide bonds. The summed E-state index contributed by atoms with van der Waals surface area (Å²) in [6.07, 6.45) is 0. The predicted octanol–water partition coefficient (Wildman–Crippen LogP) is 2.07. The van der Waals surface area contributed by atoms with Gasteiger partial charge in [-0.3, -0.25) is 10.1 Å². The summed E-state index contributed by atoms with van der Waals surface area (Å²) in [6, 6.07) is 9.41. The van der Waals surface area contributed by atoms with Gasteiger partial charge in [-0.2, -0.15) is 0 Å². The van der Waals surface area contributed by atoms with Crippen LogP contribution in [-0.2, 0) is 4.79 Å². The molecule has 0 bridgehead atoms. The van der Waals surface area contributed by atoms with Crippen LogP contribution >= 0.6 is 11.3 Å². The van der Waals surface area contributed by atoms with Crippen molar-refractivity contribution in [1.82, 2.24) is 15.6 Å². The molecule has 1 aromatic carbocycles. The quantitative estimate of drug-likeness (QED) is 0.739. The highest BCUT2D eigenvalue weighted by atomic mass is 32.1. The van der Waals surface area contributed by atoms with Gasteiger partial charge in [-0.15, -0.1) is 11.3 Å². The summed E-state index contributed by atoms with van der Waals surface area (Å²) in [6.45, 7) is 2.19. The smallest absolute Gasteiger partial charge is 0.321 e. The molecule has 0 aliphatic rings. The van der Waals surface area contributed by atoms with Gasteiger partial charge in [0.1, 0.15) is 0 Å². The second-order valence-electron chi connectivity index (χ2n) is 4.27. The van der Waals surface area contributed by atoms with E-state index in [2.05, 4.69) is 20.9 Å². The maximum absolute atomic E-state index is 11.6. The number of hydrogen-bond acceptors (Lipinski definition) is 4. The fraction of sp³-hybridized carbons (Fsp3) is 0.214. The average Bonchev–Trinajstić information content (AvgIpc) is 2.93. The van der Waals surface area contributed by atoms with Gasteiger partial charge in [0.25, 0.3) is 0 Å². The van der Waals surface area contributed by atoms with Crippen LogP contribution in [0.3, 0.4) is 0 Å². The van der Waals surface area contributed by atoms with Crippen LogP contribution in [0.1, 0.15) is 6.92 Å². The molecular formula is C14H16N4O2S. The Labute approximate surface area is 126 Å². The van der Waals surface area contributed by atoms with E-state index >= 15 is 0 Å². The van der Waals surface area contributed by atoms with Crippen LogP contribution < -0.4 is 16.0 Å². The van der Waals surface area contributed by atoms with E-state index in [-0.39, 0.29) is 11.9 Å². The Morgan fingerprint density at radius 2 is 1.86 bits per heavy atom. The van der Waals surface area contributed by atoms with Gasteiger partial charge in [0.15, 0.2) is 5.13 Å². The van der Waals surface area contributed by atoms with Crippen molar-refractivity contribution in [2.45, 2.75) is 6.92 Å². The summed E-state index contributed by atoms with van der Waals surface area (Å²) in [5, 5.41) is 10.3. The Balaban J connectivity index is 1.82. The third-order valence-corrected chi connectivity index (χ3v) is 3.34. The molecule has 0 unspecified atom stereocenters. The second-order valence-corrected chi connectivity index (χ2v) is 5.13. The SMILES string of the molecule is CC(=O)NCCNC(=O)Nc1nc(-c2ccccc2)cs1. The molecule has 1 aromatic heterocycles. The number of carbonyl (C=O) groups is 2. The van der Waals surface area contributed by atoms with Crippen molar-refractivity contribution in [2.24, 2.45) is 0 Å². The van der Waals surface area contributed by atoms with Gasteiger partial charge in [-0.05, 0) is 0 Å². The number of rotatable bonds is 5. The first-order valence-corrected chi connectivity index (χ1v) is 7.33. The topological polar surface area (TPSA) is 83.1 Å². The summed E-state index contributed by atoms with van der Waals surface area (Å²) in [4.78, 5) is 26.7. The normalized spacial score (nSPS) is 9.95. The first-order chi connectivity index (χ1) is 10.1. The summed E-state index contributed by atoms with van der Waals surface area (Å²) in [5.74, 6) is -0.121. The molecule has 0 fully saturated rings. The van der Waals surface area contributed by atoms with E-state index in [1.165, 1.54) is 18.3 Å². The minimum atomic E-state index is -0.339. The third kappa shape index (κ3) is 4.88. The third-order valence-electron chi connectivity index (χ3n) is 2.58. The lowest BCUT2D eigenvalue weighted by molar-refractivity contribution is -0.118. The van der Waals surface area contributed by atoms with E-state index in [9.17, 15) is 9.59 Å². The van der Waals surface area contributed by atoms with Crippen LogP contribution in [0.5, 0.6) is 0 Å². The lowest BCUT2D eigenvalue weighted by Crippen LogP contribution is -2.36. The van der Waals surface area contributed by atoms with Gasteiger partial charge >= 0.3 is 6.03 Å². The van der Waals surface area contributed by atoms with E-state index < -0.39 is 0 Å². The number of amides is 3. The Morgan fingerprint density at radius 3 is 2.57 bits per heavy atom. The van der Waals surface area contributed by atoms with Gasteiger partial charge in [-0.25, -0.2) is 9.78 Å². The number of benzene rings is 1. The largest absolute Gasteiger partial charge is 0.355 e. The Kier molecular flexibility index (Phi) is 5.28. The molecule has 0 saturated carbocycles. The fourth-order valence-corrected chi connectivity index (χ4v) is 2.34. The monoisotopic (exact) mass is 304 g/mol. The highest BCUT2D eigenvalue weighted by Gasteiger charge is 2.07. The molecule has 0 atom stereocenters. The molecule has 110 valence electrons. The van der Waals surface area contributed by atoms with Gasteiger partial charge in [-0.1, -0.05) is 30.3 Å². The molecule has 0 spiro atoms. The Hall–Kier alpha value is -2.41. The molecule has 6 nitrogen and oxygen atoms in total. The maximum atomic E-state index is 11.6. The average molecular weight is 304 g/mol. The van der Waals surface area contributed by atoms with Crippen molar-refractivity contribution < 1.29 is 9.59 Å². The van der Waals surface area contributed by atoms with Crippen LogP contribution in [-0.4, -0.2) is 30.0 Å². The van der Waals surface area contributed by atoms with Crippen molar-refractivity contribution in [2.75, 3.05) is 18.4 Å². The summed E-state index contributed by atoms with van der Waals surface area (Å²) in [5.41, 5.74) is 1.84. The Bertz CT molecular complexity index is 612. The molecule has 1 heterocycles. The molecule has 3 N–H and O–H groups in total. The molecule has 2 aromatic rings. The number of anilines is 1. The van der Waals surface area contributed by atoms with Crippen molar-refractivity contribution in [1.29, 1.82) is 0 Å². The van der Waals surface area contributed by atoms with E-state index in [0.717, 1.165) is 11.3 Å². The first-order valence-electron chi connectivity index (χ1n) is 6.45. The lowest BCUT2D eigenvalue weighted by Gasteiger charge is -2.05. The molecule has 7 heteroatoms. The number of carbonyl (C=O) groups excluding carboxylic acids is 2. The van der Waals surface area contributed by atoms with Crippen LogP contribution in [0.15, 0.2) is 35.7 Å². The highest BCUT2D eigenvalue weighted by molar-refractivity contribution is 7.14. The molecular weight excluding hydrogens is 288 g/mol. The molecule has 0 aliphatic carbocycles. The van der Waals surface area contributed by atoms with Gasteiger partial charge in [0, 0.05) is 31.0 Å². The van der Waals surface area contributed by atoms with Gasteiger partial charge in [0.05, 0.1) is 5.69 Å². The zero-order valence-corrected chi connectivity index (χ0v) is 12.4. The second kappa shape index (κ2) is 7.39. The van der Waals surface area contributed by atoms with Gasteiger partial charge < -0.3 is 10.6 Å². The van der Waals surface area contributed by atoms with E-state index in [1.54, 1.807) is 0 Å². The van der Waals surface area contributed by atoms with Crippen molar-refractivity contribution in [3.63, 3.8) is 0 Å². The fourth-order valence-electron chi connectivity index (χ4n) is 1.63. The van der Waals surface area contributed by atoms with E-state index in [1.807, 2.05) is 35.7 Å². The zero-order chi connectivity index (χ0) is 15.1. The highest BCUT2D eigenvalue weighted by Crippen LogP contribution is 2.24. The molecule has 0 aliphatic heterocycles. The Morgan fingerprint density at radius 1 is 1.14 bits per heavy atom. The standard InChI is InChI=1S/C14H16N4O2S/c1-10(19)15-7-8-16-13(20)18-14-17-12(9-21-14)11-5-3-2-4-6-11/h2-6,9H,7-8H2,1H3,(H,15,19)(H2,16,17,18,20). The number of hydrogen-bond donors (Lipinski definition) is 3. The number of nitrogens with zero attached hydrogens (tertiary/aromatic N) is 1. The zero-order valence-electron chi connectivity index (χ0n) is 11.6. The maximum Gasteiger partial charge on any atom is 0.321 e. The minimum Gasteiger partial charge on any atom is -0.355 e. The lowest BCUT2D eigenvalue weighted by atomic mass is 10.2. The van der Waals surface area contributed by atoms with Crippen LogP contribution in [0.2, 0.25) is 0 Å².